The molecule has 19 heavy (non-hydrogen) atoms. The minimum Gasteiger partial charge on any atom is -0.497 e. The van der Waals surface area contributed by atoms with E-state index >= 15 is 0 Å². The van der Waals surface area contributed by atoms with Crippen LogP contribution in [0.4, 0.5) is 5.69 Å². The van der Waals surface area contributed by atoms with Crippen LogP contribution in [-0.2, 0) is 0 Å². The SMILES string of the molecule is COc1ccc2nc(-c3ccc(C)c(N)c3)oc2c1. The van der Waals surface area contributed by atoms with E-state index in [-0.39, 0.29) is 0 Å². The maximum Gasteiger partial charge on any atom is 0.227 e. The second-order valence-corrected chi connectivity index (χ2v) is 4.42. The largest absolute Gasteiger partial charge is 0.497 e. The minimum atomic E-state index is 0.565. The first-order chi connectivity index (χ1) is 9.17. The number of aryl methyl sites for hydroxylation is 1. The van der Waals surface area contributed by atoms with Gasteiger partial charge in [0.25, 0.3) is 0 Å². The van der Waals surface area contributed by atoms with Crippen LogP contribution in [0.5, 0.6) is 5.75 Å². The van der Waals surface area contributed by atoms with Crippen molar-refractivity contribution < 1.29 is 9.15 Å². The maximum atomic E-state index is 5.91. The van der Waals surface area contributed by atoms with Gasteiger partial charge in [-0.1, -0.05) is 6.07 Å². The molecule has 0 saturated carbocycles. The molecule has 4 nitrogen and oxygen atoms in total. The van der Waals surface area contributed by atoms with Crippen molar-refractivity contribution in [3.63, 3.8) is 0 Å². The van der Waals surface area contributed by atoms with Crippen LogP contribution in [0.15, 0.2) is 40.8 Å². The van der Waals surface area contributed by atoms with Gasteiger partial charge in [0.15, 0.2) is 5.58 Å². The highest BCUT2D eigenvalue weighted by molar-refractivity contribution is 5.78. The lowest BCUT2D eigenvalue weighted by molar-refractivity contribution is 0.414. The number of nitrogens with zero attached hydrogens (tertiary/aromatic N) is 1. The lowest BCUT2D eigenvalue weighted by atomic mass is 10.1. The van der Waals surface area contributed by atoms with E-state index in [0.29, 0.717) is 11.5 Å². The molecule has 1 heterocycles. The van der Waals surface area contributed by atoms with Crippen LogP contribution in [0.25, 0.3) is 22.6 Å². The number of fused-ring (bicyclic) bond motifs is 1. The molecule has 0 aliphatic heterocycles. The van der Waals surface area contributed by atoms with Gasteiger partial charge in [-0.25, -0.2) is 4.98 Å². The Hall–Kier alpha value is -2.49. The Morgan fingerprint density at radius 2 is 2.00 bits per heavy atom. The van der Waals surface area contributed by atoms with E-state index in [0.717, 1.165) is 28.1 Å². The van der Waals surface area contributed by atoms with Crippen LogP contribution in [0.1, 0.15) is 5.56 Å². The predicted molar refractivity (Wildman–Crippen MR) is 75.1 cm³/mol. The fraction of sp³-hybridized carbons (Fsp3) is 0.133. The van der Waals surface area contributed by atoms with Crippen molar-refractivity contribution in [3.8, 4) is 17.2 Å². The lowest BCUT2D eigenvalue weighted by Crippen LogP contribution is -1.89. The maximum absolute atomic E-state index is 5.91. The van der Waals surface area contributed by atoms with Crippen LogP contribution < -0.4 is 10.5 Å². The molecule has 0 aliphatic carbocycles. The molecule has 0 bridgehead atoms. The number of nitrogens with two attached hydrogens (primary N) is 1. The second-order valence-electron chi connectivity index (χ2n) is 4.42. The summed E-state index contributed by atoms with van der Waals surface area (Å²) in [7, 11) is 1.62. The molecule has 4 heteroatoms. The average Bonchev–Trinajstić information content (AvgIpc) is 2.84. The molecule has 3 rings (SSSR count). The van der Waals surface area contributed by atoms with Crippen molar-refractivity contribution in [1.29, 1.82) is 0 Å². The van der Waals surface area contributed by atoms with Gasteiger partial charge < -0.3 is 14.9 Å². The summed E-state index contributed by atoms with van der Waals surface area (Å²) >= 11 is 0. The number of anilines is 1. The zero-order valence-corrected chi connectivity index (χ0v) is 10.8. The Morgan fingerprint density at radius 3 is 2.74 bits per heavy atom. The molecule has 0 atom stereocenters. The van der Waals surface area contributed by atoms with Crippen LogP contribution in [0.3, 0.4) is 0 Å². The van der Waals surface area contributed by atoms with Gasteiger partial charge in [0, 0.05) is 17.3 Å². The predicted octanol–water partition coefficient (Wildman–Crippen LogP) is 3.39. The molecular formula is C15H14N2O2. The first-order valence-corrected chi connectivity index (χ1v) is 5.98. The molecule has 3 aromatic rings. The molecule has 2 N–H and O–H groups in total. The Labute approximate surface area is 110 Å². The highest BCUT2D eigenvalue weighted by Gasteiger charge is 2.09. The number of aromatic nitrogens is 1. The summed E-state index contributed by atoms with van der Waals surface area (Å²) in [5.74, 6) is 1.31. The number of rotatable bonds is 2. The summed E-state index contributed by atoms with van der Waals surface area (Å²) in [4.78, 5) is 4.45. The highest BCUT2D eigenvalue weighted by atomic mass is 16.5. The molecule has 0 radical (unpaired) electrons. The first kappa shape index (κ1) is 11.6. The van der Waals surface area contributed by atoms with Crippen LogP contribution in [-0.4, -0.2) is 12.1 Å². The third kappa shape index (κ3) is 2.01. The first-order valence-electron chi connectivity index (χ1n) is 5.98. The Kier molecular flexibility index (Phi) is 2.63. The van der Waals surface area contributed by atoms with Gasteiger partial charge >= 0.3 is 0 Å². The number of ether oxygens (including phenoxy) is 1. The van der Waals surface area contributed by atoms with E-state index in [9.17, 15) is 0 Å². The lowest BCUT2D eigenvalue weighted by Gasteiger charge is -2.01. The molecule has 0 saturated heterocycles. The fourth-order valence-corrected chi connectivity index (χ4v) is 1.93. The third-order valence-electron chi connectivity index (χ3n) is 3.12. The monoisotopic (exact) mass is 254 g/mol. The van der Waals surface area contributed by atoms with Crippen molar-refractivity contribution >= 4 is 16.8 Å². The minimum absolute atomic E-state index is 0.565. The van der Waals surface area contributed by atoms with Gasteiger partial charge in [0.1, 0.15) is 11.3 Å². The molecule has 0 fully saturated rings. The zero-order valence-electron chi connectivity index (χ0n) is 10.8. The van der Waals surface area contributed by atoms with Crippen molar-refractivity contribution in [3.05, 3.63) is 42.0 Å². The summed E-state index contributed by atoms with van der Waals surface area (Å²) in [6, 6.07) is 11.3. The highest BCUT2D eigenvalue weighted by Crippen LogP contribution is 2.28. The molecule has 96 valence electrons. The van der Waals surface area contributed by atoms with Crippen molar-refractivity contribution in [2.24, 2.45) is 0 Å². The standard InChI is InChI=1S/C15H14N2O2/c1-9-3-4-10(7-12(9)16)15-17-13-6-5-11(18-2)8-14(13)19-15/h3-8H,16H2,1-2H3. The van der Waals surface area contributed by atoms with Gasteiger partial charge in [0.05, 0.1) is 7.11 Å². The summed E-state index contributed by atoms with van der Waals surface area (Å²) in [5.41, 5.74) is 10.1. The smallest absolute Gasteiger partial charge is 0.227 e. The van der Waals surface area contributed by atoms with Gasteiger partial charge in [-0.2, -0.15) is 0 Å². The zero-order chi connectivity index (χ0) is 13.4. The molecule has 0 aliphatic rings. The Bertz CT molecular complexity index is 747. The van der Waals surface area contributed by atoms with E-state index in [2.05, 4.69) is 4.98 Å². The van der Waals surface area contributed by atoms with E-state index in [1.54, 1.807) is 7.11 Å². The number of hydrogen-bond donors (Lipinski definition) is 1. The number of nitrogen functional groups attached to an aromatic ring is 1. The molecule has 0 amide bonds. The molecule has 2 aromatic carbocycles. The molecule has 0 spiro atoms. The normalized spacial score (nSPS) is 10.8. The topological polar surface area (TPSA) is 61.3 Å². The van der Waals surface area contributed by atoms with Crippen molar-refractivity contribution in [2.75, 3.05) is 12.8 Å². The van der Waals surface area contributed by atoms with Crippen LogP contribution in [0.2, 0.25) is 0 Å². The molecular weight excluding hydrogens is 240 g/mol. The number of oxazole rings is 1. The van der Waals surface area contributed by atoms with Gasteiger partial charge in [-0.15, -0.1) is 0 Å². The van der Waals surface area contributed by atoms with Gasteiger partial charge in [0.2, 0.25) is 5.89 Å². The van der Waals surface area contributed by atoms with Crippen LogP contribution in [0, 0.1) is 6.92 Å². The van der Waals surface area contributed by atoms with Gasteiger partial charge in [-0.05, 0) is 36.8 Å². The quantitative estimate of drug-likeness (QED) is 0.712. The van der Waals surface area contributed by atoms with E-state index < -0.39 is 0 Å². The van der Waals surface area contributed by atoms with E-state index in [4.69, 9.17) is 14.9 Å². The van der Waals surface area contributed by atoms with Crippen molar-refractivity contribution in [2.45, 2.75) is 6.92 Å². The molecule has 0 unspecified atom stereocenters. The Morgan fingerprint density at radius 1 is 1.16 bits per heavy atom. The number of hydrogen-bond acceptors (Lipinski definition) is 4. The van der Waals surface area contributed by atoms with E-state index in [1.807, 2.05) is 43.3 Å². The number of benzene rings is 2. The molecule has 1 aromatic heterocycles. The fourth-order valence-electron chi connectivity index (χ4n) is 1.93. The van der Waals surface area contributed by atoms with Crippen LogP contribution >= 0.6 is 0 Å². The average molecular weight is 254 g/mol. The van der Waals surface area contributed by atoms with E-state index in [1.165, 1.54) is 0 Å². The second kappa shape index (κ2) is 4.31. The summed E-state index contributed by atoms with van der Waals surface area (Å²) < 4.78 is 10.9. The number of methoxy groups -OCH3 is 1. The van der Waals surface area contributed by atoms with Crippen molar-refractivity contribution in [1.82, 2.24) is 4.98 Å². The summed E-state index contributed by atoms with van der Waals surface area (Å²) in [6.07, 6.45) is 0. The summed E-state index contributed by atoms with van der Waals surface area (Å²) in [5, 5.41) is 0. The van der Waals surface area contributed by atoms with Gasteiger partial charge in [-0.3, -0.25) is 0 Å². The Balaban J connectivity index is 2.11. The summed E-state index contributed by atoms with van der Waals surface area (Å²) in [6.45, 7) is 1.97. The third-order valence-corrected chi connectivity index (χ3v) is 3.12.